The van der Waals surface area contributed by atoms with E-state index in [1.54, 1.807) is 0 Å². The molecule has 1 fully saturated rings. The predicted octanol–water partition coefficient (Wildman–Crippen LogP) is 4.05. The van der Waals surface area contributed by atoms with Crippen LogP contribution < -0.4 is 10.4 Å². The summed E-state index contributed by atoms with van der Waals surface area (Å²) < 4.78 is 12.5. The summed E-state index contributed by atoms with van der Waals surface area (Å²) in [5, 5.41) is 2.51. The van der Waals surface area contributed by atoms with Crippen LogP contribution in [-0.2, 0) is 14.0 Å². The molecule has 2 unspecified atom stereocenters. The van der Waals surface area contributed by atoms with E-state index in [0.717, 1.165) is 12.8 Å². The van der Waals surface area contributed by atoms with E-state index in [1.165, 1.54) is 10.4 Å². The molecule has 0 aromatic heterocycles. The molecule has 1 saturated heterocycles. The van der Waals surface area contributed by atoms with Gasteiger partial charge in [-0.1, -0.05) is 81.4 Å². The summed E-state index contributed by atoms with van der Waals surface area (Å²) in [6.07, 6.45) is 2.05. The lowest BCUT2D eigenvalue weighted by atomic mass is 10.1. The van der Waals surface area contributed by atoms with Crippen molar-refractivity contribution in [2.75, 3.05) is 0 Å². The summed E-state index contributed by atoms with van der Waals surface area (Å²) in [6, 6.07) is 21.3. The van der Waals surface area contributed by atoms with E-state index in [1.807, 2.05) is 0 Å². The maximum Gasteiger partial charge on any atom is 0.306 e. The van der Waals surface area contributed by atoms with Gasteiger partial charge in [0.15, 0.2) is 0 Å². The number of cyclic esters (lactones) is 1. The smallest absolute Gasteiger partial charge is 0.306 e. The lowest BCUT2D eigenvalue weighted by Crippen LogP contribution is -2.67. The molecule has 0 spiro atoms. The van der Waals surface area contributed by atoms with E-state index in [0.29, 0.717) is 6.42 Å². The van der Waals surface area contributed by atoms with Gasteiger partial charge in [-0.2, -0.15) is 0 Å². The number of benzene rings is 2. The Balaban J connectivity index is 2.00. The van der Waals surface area contributed by atoms with Gasteiger partial charge in [-0.15, -0.1) is 0 Å². The van der Waals surface area contributed by atoms with E-state index in [9.17, 15) is 4.79 Å². The van der Waals surface area contributed by atoms with Gasteiger partial charge in [-0.05, 0) is 28.8 Å². The summed E-state index contributed by atoms with van der Waals surface area (Å²) in [5.41, 5.74) is 0. The third-order valence-corrected chi connectivity index (χ3v) is 10.5. The van der Waals surface area contributed by atoms with Gasteiger partial charge in [-0.25, -0.2) is 0 Å². The monoisotopic (exact) mass is 382 g/mol. The van der Waals surface area contributed by atoms with Crippen LogP contribution in [0.2, 0.25) is 5.04 Å². The minimum absolute atomic E-state index is 0.00667. The summed E-state index contributed by atoms with van der Waals surface area (Å²) in [6.45, 7) is 8.95. The fourth-order valence-electron chi connectivity index (χ4n) is 4.16. The quantitative estimate of drug-likeness (QED) is 0.559. The van der Waals surface area contributed by atoms with Crippen molar-refractivity contribution in [2.24, 2.45) is 0 Å². The van der Waals surface area contributed by atoms with E-state index >= 15 is 0 Å². The molecular weight excluding hydrogens is 352 g/mol. The average Bonchev–Trinajstić information content (AvgIpc) is 3.04. The van der Waals surface area contributed by atoms with Crippen LogP contribution in [0.4, 0.5) is 0 Å². The molecule has 0 saturated carbocycles. The molecule has 4 heteroatoms. The Morgan fingerprint density at radius 2 is 1.56 bits per heavy atom. The maximum absolute atomic E-state index is 11.5. The van der Waals surface area contributed by atoms with Gasteiger partial charge in [0.05, 0.1) is 0 Å². The van der Waals surface area contributed by atoms with Gasteiger partial charge in [0.2, 0.25) is 0 Å². The van der Waals surface area contributed by atoms with Crippen molar-refractivity contribution in [1.29, 1.82) is 0 Å². The Kier molecular flexibility index (Phi) is 5.87. The van der Waals surface area contributed by atoms with Gasteiger partial charge in [0, 0.05) is 18.9 Å². The molecule has 144 valence electrons. The summed E-state index contributed by atoms with van der Waals surface area (Å²) in [7, 11) is -2.54. The van der Waals surface area contributed by atoms with Crippen molar-refractivity contribution in [1.82, 2.24) is 0 Å². The van der Waals surface area contributed by atoms with Crippen LogP contribution in [0.3, 0.4) is 0 Å². The molecule has 2 aromatic carbocycles. The molecule has 2 aromatic rings. The Morgan fingerprint density at radius 3 is 1.96 bits per heavy atom. The van der Waals surface area contributed by atoms with E-state index < -0.39 is 8.32 Å². The second kappa shape index (κ2) is 7.99. The minimum Gasteiger partial charge on any atom is -0.462 e. The van der Waals surface area contributed by atoms with E-state index in [-0.39, 0.29) is 23.2 Å². The first-order valence-corrected chi connectivity index (χ1v) is 11.7. The van der Waals surface area contributed by atoms with Gasteiger partial charge in [-0.3, -0.25) is 4.79 Å². The van der Waals surface area contributed by atoms with Crippen molar-refractivity contribution >= 4 is 24.7 Å². The van der Waals surface area contributed by atoms with Crippen molar-refractivity contribution in [3.8, 4) is 0 Å². The Bertz CT molecular complexity index is 713. The number of hydrogen-bond acceptors (Lipinski definition) is 3. The maximum atomic E-state index is 11.5. The highest BCUT2D eigenvalue weighted by Gasteiger charge is 2.51. The highest BCUT2D eigenvalue weighted by molar-refractivity contribution is 6.99. The van der Waals surface area contributed by atoms with Crippen molar-refractivity contribution in [3.63, 3.8) is 0 Å². The summed E-state index contributed by atoms with van der Waals surface area (Å²) in [5.74, 6) is -0.0855. The van der Waals surface area contributed by atoms with Crippen LogP contribution in [0.5, 0.6) is 0 Å². The largest absolute Gasteiger partial charge is 0.462 e. The van der Waals surface area contributed by atoms with Gasteiger partial charge in [0.1, 0.15) is 6.10 Å². The standard InChI is InChI=1S/C23H30O3Si/c1-18(17-19-15-16-22(24)25-19)26-27(23(2,3)4,20-11-7-5-8-12-20)21-13-9-6-10-14-21/h5-14,18-19H,15-17H2,1-4H3. The third kappa shape index (κ3) is 4.17. The second-order valence-corrected chi connectivity index (χ2v) is 12.7. The normalized spacial score (nSPS) is 19.0. The Morgan fingerprint density at radius 1 is 1.04 bits per heavy atom. The highest BCUT2D eigenvalue weighted by atomic mass is 28.4. The number of rotatable bonds is 6. The van der Waals surface area contributed by atoms with Crippen LogP contribution in [-0.4, -0.2) is 26.5 Å². The molecule has 2 atom stereocenters. The van der Waals surface area contributed by atoms with Gasteiger partial charge < -0.3 is 9.16 Å². The molecule has 1 aliphatic rings. The number of carbonyl (C=O) groups excluding carboxylic acids is 1. The van der Waals surface area contributed by atoms with Crippen molar-refractivity contribution in [3.05, 3.63) is 60.7 Å². The molecular formula is C23H30O3Si. The SMILES string of the molecule is CC(CC1CCC(=O)O1)O[Si](c1ccccc1)(c1ccccc1)C(C)(C)C. The number of carbonyl (C=O) groups is 1. The predicted molar refractivity (Wildman–Crippen MR) is 112 cm³/mol. The highest BCUT2D eigenvalue weighted by Crippen LogP contribution is 2.38. The number of ether oxygens (including phenoxy) is 1. The average molecular weight is 383 g/mol. The first-order valence-electron chi connectivity index (χ1n) is 9.81. The van der Waals surface area contributed by atoms with Crippen LogP contribution in [0.1, 0.15) is 47.0 Å². The lowest BCUT2D eigenvalue weighted by molar-refractivity contribution is -0.142. The summed E-state index contributed by atoms with van der Waals surface area (Å²) >= 11 is 0. The minimum atomic E-state index is -2.54. The number of esters is 1. The lowest BCUT2D eigenvalue weighted by Gasteiger charge is -2.45. The first kappa shape index (κ1) is 19.8. The fourth-order valence-corrected chi connectivity index (χ4v) is 8.87. The van der Waals surface area contributed by atoms with Crippen LogP contribution in [0, 0.1) is 0 Å². The van der Waals surface area contributed by atoms with E-state index in [4.69, 9.17) is 9.16 Å². The van der Waals surface area contributed by atoms with E-state index in [2.05, 4.69) is 88.4 Å². The fraction of sp³-hybridized carbons (Fsp3) is 0.435. The topological polar surface area (TPSA) is 35.5 Å². The van der Waals surface area contributed by atoms with Gasteiger partial charge >= 0.3 is 5.97 Å². The molecule has 0 N–H and O–H groups in total. The van der Waals surface area contributed by atoms with Crippen molar-refractivity contribution in [2.45, 2.75) is 64.2 Å². The van der Waals surface area contributed by atoms with Crippen LogP contribution in [0.15, 0.2) is 60.7 Å². The molecule has 1 heterocycles. The second-order valence-electron chi connectivity index (χ2n) is 8.48. The van der Waals surface area contributed by atoms with Crippen molar-refractivity contribution < 1.29 is 14.0 Å². The number of hydrogen-bond donors (Lipinski definition) is 0. The van der Waals surface area contributed by atoms with Gasteiger partial charge in [0.25, 0.3) is 8.32 Å². The molecule has 3 rings (SSSR count). The zero-order chi connectivity index (χ0) is 19.5. The molecule has 0 radical (unpaired) electrons. The third-order valence-electron chi connectivity index (χ3n) is 5.36. The zero-order valence-electron chi connectivity index (χ0n) is 16.8. The van der Waals surface area contributed by atoms with Crippen LogP contribution >= 0.6 is 0 Å². The molecule has 3 nitrogen and oxygen atoms in total. The zero-order valence-corrected chi connectivity index (χ0v) is 17.8. The first-order chi connectivity index (χ1) is 12.8. The van der Waals surface area contributed by atoms with Crippen LogP contribution in [0.25, 0.3) is 0 Å². The molecule has 27 heavy (non-hydrogen) atoms. The Labute approximate surface area is 163 Å². The summed E-state index contributed by atoms with van der Waals surface area (Å²) in [4.78, 5) is 11.5. The molecule has 0 bridgehead atoms. The Hall–Kier alpha value is -1.91. The molecule has 0 aliphatic carbocycles. The molecule has 1 aliphatic heterocycles. The molecule has 0 amide bonds.